The van der Waals surface area contributed by atoms with E-state index < -0.39 is 0 Å². The van der Waals surface area contributed by atoms with Gasteiger partial charge in [0.05, 0.1) is 0 Å². The number of hydrogen-bond donors (Lipinski definition) is 0. The molecule has 72 valence electrons. The first-order chi connectivity index (χ1) is 5.99. The Morgan fingerprint density at radius 2 is 1.92 bits per heavy atom. The molecule has 1 aliphatic rings. The molecule has 13 heavy (non-hydrogen) atoms. The van der Waals surface area contributed by atoms with E-state index in [9.17, 15) is 0 Å². The fourth-order valence-electron chi connectivity index (χ4n) is 1.42. The predicted molar refractivity (Wildman–Crippen MR) is 62.9 cm³/mol. The van der Waals surface area contributed by atoms with Gasteiger partial charge in [-0.1, -0.05) is 46.1 Å². The van der Waals surface area contributed by atoms with Crippen molar-refractivity contribution in [1.29, 1.82) is 0 Å². The Kier molecular flexibility index (Phi) is 3.07. The van der Waals surface area contributed by atoms with Gasteiger partial charge in [-0.05, 0) is 17.4 Å². The van der Waals surface area contributed by atoms with Gasteiger partial charge in [0.15, 0.2) is 0 Å². The highest BCUT2D eigenvalue weighted by molar-refractivity contribution is 8.04. The third-order valence-corrected chi connectivity index (χ3v) is 4.23. The lowest BCUT2D eigenvalue weighted by Gasteiger charge is -2.26. The van der Waals surface area contributed by atoms with Gasteiger partial charge >= 0.3 is 0 Å². The van der Waals surface area contributed by atoms with Crippen LogP contribution in [0.2, 0.25) is 0 Å². The van der Waals surface area contributed by atoms with Crippen LogP contribution in [-0.4, -0.2) is 5.25 Å². The molecule has 0 bridgehead atoms. The Morgan fingerprint density at radius 1 is 1.31 bits per heavy atom. The first-order valence-corrected chi connectivity index (χ1v) is 5.51. The highest BCUT2D eigenvalue weighted by Crippen LogP contribution is 2.46. The Hall–Kier alpha value is -0.430. The van der Waals surface area contributed by atoms with Gasteiger partial charge in [0.1, 0.15) is 0 Å². The van der Waals surface area contributed by atoms with Crippen LogP contribution >= 0.6 is 11.8 Å². The molecule has 0 radical (unpaired) electrons. The SMILES string of the molecule is C=CC1=C(C=C)SC(C(C)(C)C)C1. The Bertz CT molecular complexity index is 233. The summed E-state index contributed by atoms with van der Waals surface area (Å²) in [7, 11) is 0. The largest absolute Gasteiger partial charge is 0.122 e. The van der Waals surface area contributed by atoms with E-state index in [1.54, 1.807) is 0 Å². The minimum absolute atomic E-state index is 0.365. The normalized spacial score (nSPS) is 23.5. The van der Waals surface area contributed by atoms with Gasteiger partial charge in [-0.15, -0.1) is 11.8 Å². The molecule has 0 nitrogen and oxygen atoms in total. The van der Waals surface area contributed by atoms with Gasteiger partial charge in [0, 0.05) is 10.2 Å². The maximum atomic E-state index is 3.84. The molecule has 0 aromatic carbocycles. The van der Waals surface area contributed by atoms with Crippen molar-refractivity contribution in [2.75, 3.05) is 0 Å². The molecule has 1 atom stereocenters. The van der Waals surface area contributed by atoms with E-state index >= 15 is 0 Å². The molecule has 0 N–H and O–H groups in total. The highest BCUT2D eigenvalue weighted by Gasteiger charge is 2.31. The summed E-state index contributed by atoms with van der Waals surface area (Å²) in [5.41, 5.74) is 1.73. The van der Waals surface area contributed by atoms with Crippen LogP contribution in [0.3, 0.4) is 0 Å². The summed E-state index contributed by atoms with van der Waals surface area (Å²) in [5.74, 6) is 0. The van der Waals surface area contributed by atoms with Crippen molar-refractivity contribution in [3.8, 4) is 0 Å². The molecule has 0 amide bonds. The second-order valence-corrected chi connectivity index (χ2v) is 5.72. The number of rotatable bonds is 2. The molecule has 0 aromatic rings. The lowest BCUT2D eigenvalue weighted by atomic mass is 9.88. The maximum absolute atomic E-state index is 3.84. The molecule has 0 fully saturated rings. The predicted octanol–water partition coefficient (Wildman–Crippen LogP) is 4.16. The van der Waals surface area contributed by atoms with Gasteiger partial charge < -0.3 is 0 Å². The van der Waals surface area contributed by atoms with Gasteiger partial charge in [-0.2, -0.15) is 0 Å². The number of allylic oxidation sites excluding steroid dienone is 3. The summed E-state index contributed by atoms with van der Waals surface area (Å²) >= 11 is 1.94. The smallest absolute Gasteiger partial charge is 0.0184 e. The molecular formula is C12H18S. The van der Waals surface area contributed by atoms with Crippen LogP contribution in [0.25, 0.3) is 0 Å². The van der Waals surface area contributed by atoms with Crippen LogP contribution in [-0.2, 0) is 0 Å². The molecule has 1 heterocycles. The van der Waals surface area contributed by atoms with Gasteiger partial charge in [0.2, 0.25) is 0 Å². The van der Waals surface area contributed by atoms with Gasteiger partial charge in [-0.3, -0.25) is 0 Å². The molecule has 0 spiro atoms. The van der Waals surface area contributed by atoms with Crippen molar-refractivity contribution < 1.29 is 0 Å². The summed E-state index contributed by atoms with van der Waals surface area (Å²) in [6, 6.07) is 0. The van der Waals surface area contributed by atoms with Crippen LogP contribution < -0.4 is 0 Å². The molecule has 0 aromatic heterocycles. The third kappa shape index (κ3) is 2.28. The minimum Gasteiger partial charge on any atom is -0.122 e. The van der Waals surface area contributed by atoms with E-state index in [0.29, 0.717) is 10.7 Å². The van der Waals surface area contributed by atoms with E-state index in [-0.39, 0.29) is 0 Å². The minimum atomic E-state index is 0.365. The lowest BCUT2D eigenvalue weighted by molar-refractivity contribution is 0.396. The quantitative estimate of drug-likeness (QED) is 0.636. The lowest BCUT2D eigenvalue weighted by Crippen LogP contribution is -2.20. The Morgan fingerprint density at radius 3 is 2.23 bits per heavy atom. The summed E-state index contributed by atoms with van der Waals surface area (Å²) in [5, 5.41) is 0.675. The zero-order valence-corrected chi connectivity index (χ0v) is 9.58. The van der Waals surface area contributed by atoms with E-state index in [0.717, 1.165) is 6.42 Å². The second kappa shape index (κ2) is 3.75. The molecule has 1 rings (SSSR count). The average molecular weight is 194 g/mol. The van der Waals surface area contributed by atoms with Crippen LogP contribution in [0.4, 0.5) is 0 Å². The molecule has 0 aliphatic carbocycles. The van der Waals surface area contributed by atoms with Crippen molar-refractivity contribution in [3.05, 3.63) is 35.8 Å². The first-order valence-electron chi connectivity index (χ1n) is 4.63. The molecule has 1 unspecified atom stereocenters. The molecule has 0 saturated heterocycles. The summed E-state index contributed by atoms with van der Waals surface area (Å²) < 4.78 is 0. The van der Waals surface area contributed by atoms with Crippen molar-refractivity contribution in [3.63, 3.8) is 0 Å². The monoisotopic (exact) mass is 194 g/mol. The van der Waals surface area contributed by atoms with Crippen LogP contribution in [0.1, 0.15) is 27.2 Å². The van der Waals surface area contributed by atoms with Crippen molar-refractivity contribution in [2.24, 2.45) is 5.41 Å². The van der Waals surface area contributed by atoms with E-state index in [2.05, 4.69) is 33.9 Å². The number of thioether (sulfide) groups is 1. The average Bonchev–Trinajstić information content (AvgIpc) is 2.45. The zero-order chi connectivity index (χ0) is 10.1. The summed E-state index contributed by atoms with van der Waals surface area (Å²) in [6.07, 6.45) is 5.06. The second-order valence-electron chi connectivity index (χ2n) is 4.47. The van der Waals surface area contributed by atoms with Crippen molar-refractivity contribution in [1.82, 2.24) is 0 Å². The van der Waals surface area contributed by atoms with Crippen LogP contribution in [0, 0.1) is 5.41 Å². The number of hydrogen-bond acceptors (Lipinski definition) is 1. The standard InChI is InChI=1S/C12H18S/c1-6-9-8-11(12(3,4)5)13-10(9)7-2/h6-7,11H,1-2,8H2,3-5H3. The molecule has 0 saturated carbocycles. The Labute approximate surface area is 85.8 Å². The summed E-state index contributed by atoms with van der Waals surface area (Å²) in [6.45, 7) is 14.5. The fraction of sp³-hybridized carbons (Fsp3) is 0.500. The van der Waals surface area contributed by atoms with Crippen LogP contribution in [0.15, 0.2) is 35.8 Å². The maximum Gasteiger partial charge on any atom is 0.0184 e. The fourth-order valence-corrected chi connectivity index (χ4v) is 2.75. The van der Waals surface area contributed by atoms with Gasteiger partial charge in [0.25, 0.3) is 0 Å². The third-order valence-electron chi connectivity index (χ3n) is 2.39. The Balaban J connectivity index is 2.79. The molecular weight excluding hydrogens is 176 g/mol. The molecule has 1 aliphatic heterocycles. The summed E-state index contributed by atoms with van der Waals surface area (Å²) in [4.78, 5) is 1.31. The highest BCUT2D eigenvalue weighted by atomic mass is 32.2. The van der Waals surface area contributed by atoms with Gasteiger partial charge in [-0.25, -0.2) is 0 Å². The van der Waals surface area contributed by atoms with E-state index in [4.69, 9.17) is 0 Å². The van der Waals surface area contributed by atoms with E-state index in [1.165, 1.54) is 10.5 Å². The molecule has 1 heteroatoms. The topological polar surface area (TPSA) is 0 Å². The van der Waals surface area contributed by atoms with Crippen molar-refractivity contribution >= 4 is 11.8 Å². The van der Waals surface area contributed by atoms with Crippen LogP contribution in [0.5, 0.6) is 0 Å². The van der Waals surface area contributed by atoms with E-state index in [1.807, 2.05) is 23.9 Å². The zero-order valence-electron chi connectivity index (χ0n) is 8.76. The van der Waals surface area contributed by atoms with Crippen molar-refractivity contribution in [2.45, 2.75) is 32.4 Å². The first kappa shape index (κ1) is 10.6.